The Bertz CT molecular complexity index is 800. The van der Waals surface area contributed by atoms with Crippen LogP contribution in [0.25, 0.3) is 0 Å². The molecule has 0 radical (unpaired) electrons. The molecule has 0 aliphatic carbocycles. The van der Waals surface area contributed by atoms with Crippen LogP contribution in [0.4, 0.5) is 14.5 Å². The Morgan fingerprint density at radius 1 is 1.12 bits per heavy atom. The molecule has 2 aromatic rings. The molecule has 0 aromatic heterocycles. The lowest BCUT2D eigenvalue weighted by atomic mass is 10.2. The molecule has 24 heavy (non-hydrogen) atoms. The van der Waals surface area contributed by atoms with Crippen LogP contribution in [0.3, 0.4) is 0 Å². The van der Waals surface area contributed by atoms with E-state index in [1.54, 1.807) is 0 Å². The zero-order chi connectivity index (χ0) is 17.9. The molecule has 126 valence electrons. The van der Waals surface area contributed by atoms with Crippen molar-refractivity contribution in [3.8, 4) is 0 Å². The van der Waals surface area contributed by atoms with Gasteiger partial charge in [-0.25, -0.2) is 8.78 Å². The monoisotopic (exact) mass is 372 g/mol. The van der Waals surface area contributed by atoms with Crippen LogP contribution < -0.4 is 5.32 Å². The summed E-state index contributed by atoms with van der Waals surface area (Å²) in [6, 6.07) is 7.36. The molecule has 4 nitrogen and oxygen atoms in total. The van der Waals surface area contributed by atoms with Crippen LogP contribution in [0.15, 0.2) is 36.4 Å². The molecule has 0 fully saturated rings. The molecule has 2 rings (SSSR count). The van der Waals surface area contributed by atoms with Crippen molar-refractivity contribution < 1.29 is 18.4 Å². The van der Waals surface area contributed by atoms with Gasteiger partial charge in [0.25, 0.3) is 5.91 Å². The van der Waals surface area contributed by atoms with Gasteiger partial charge in [0.05, 0.1) is 22.2 Å². The Morgan fingerprint density at radius 2 is 1.83 bits per heavy atom. The van der Waals surface area contributed by atoms with Gasteiger partial charge in [0.15, 0.2) is 0 Å². The fraction of sp³-hybridized carbons (Fsp3) is 0.125. The summed E-state index contributed by atoms with van der Waals surface area (Å²) in [6.07, 6.45) is 0. The number of nitrogens with zero attached hydrogens (tertiary/aromatic N) is 1. The smallest absolute Gasteiger partial charge is 0.255 e. The summed E-state index contributed by atoms with van der Waals surface area (Å²) in [7, 11) is 1.36. The molecule has 8 heteroatoms. The Hall–Kier alpha value is -2.18. The van der Waals surface area contributed by atoms with Crippen LogP contribution in [0.2, 0.25) is 10.0 Å². The highest BCUT2D eigenvalue weighted by Gasteiger charge is 2.19. The predicted octanol–water partition coefficient (Wildman–Crippen LogP) is 3.98. The summed E-state index contributed by atoms with van der Waals surface area (Å²) in [5.41, 5.74) is 0.149. The SMILES string of the molecule is CN(CC(=O)Nc1cccc(F)c1)C(=O)c1cc(F)c(Cl)cc1Cl. The topological polar surface area (TPSA) is 49.4 Å². The van der Waals surface area contributed by atoms with E-state index >= 15 is 0 Å². The summed E-state index contributed by atoms with van der Waals surface area (Å²) in [6.45, 7) is -0.323. The van der Waals surface area contributed by atoms with Crippen molar-refractivity contribution >= 4 is 40.7 Å². The number of hydrogen-bond acceptors (Lipinski definition) is 2. The second kappa shape index (κ2) is 7.59. The minimum atomic E-state index is -0.790. The van der Waals surface area contributed by atoms with Gasteiger partial charge < -0.3 is 10.2 Å². The highest BCUT2D eigenvalue weighted by atomic mass is 35.5. The van der Waals surface area contributed by atoms with E-state index in [4.69, 9.17) is 23.2 Å². The number of hydrogen-bond donors (Lipinski definition) is 1. The van der Waals surface area contributed by atoms with E-state index in [1.165, 1.54) is 25.2 Å². The van der Waals surface area contributed by atoms with E-state index in [0.717, 1.165) is 23.1 Å². The van der Waals surface area contributed by atoms with Crippen LogP contribution >= 0.6 is 23.2 Å². The number of benzene rings is 2. The Kier molecular flexibility index (Phi) is 5.75. The molecule has 1 N–H and O–H groups in total. The third-order valence-electron chi connectivity index (χ3n) is 3.08. The molecule has 2 aromatic carbocycles. The highest BCUT2D eigenvalue weighted by Crippen LogP contribution is 2.25. The summed E-state index contributed by atoms with van der Waals surface area (Å²) < 4.78 is 26.6. The van der Waals surface area contributed by atoms with Crippen molar-refractivity contribution in [2.75, 3.05) is 18.9 Å². The van der Waals surface area contributed by atoms with Gasteiger partial charge in [-0.05, 0) is 30.3 Å². The van der Waals surface area contributed by atoms with Crippen LogP contribution in [-0.2, 0) is 4.79 Å². The standard InChI is InChI=1S/C16H12Cl2F2N2O2/c1-22(8-15(23)21-10-4-2-3-9(19)5-10)16(24)11-6-14(20)13(18)7-12(11)17/h2-7H,8H2,1H3,(H,21,23). The average Bonchev–Trinajstić information content (AvgIpc) is 2.50. The minimum absolute atomic E-state index is 0.0243. The lowest BCUT2D eigenvalue weighted by Crippen LogP contribution is -2.35. The van der Waals surface area contributed by atoms with Crippen molar-refractivity contribution in [3.63, 3.8) is 0 Å². The van der Waals surface area contributed by atoms with Gasteiger partial charge in [-0.3, -0.25) is 9.59 Å². The number of carbonyl (C=O) groups is 2. The van der Waals surface area contributed by atoms with Crippen LogP contribution in [0.5, 0.6) is 0 Å². The lowest BCUT2D eigenvalue weighted by Gasteiger charge is -2.18. The number of nitrogens with one attached hydrogen (secondary N) is 1. The van der Waals surface area contributed by atoms with Gasteiger partial charge in [-0.15, -0.1) is 0 Å². The van der Waals surface area contributed by atoms with E-state index < -0.39 is 23.4 Å². The van der Waals surface area contributed by atoms with E-state index in [2.05, 4.69) is 5.32 Å². The van der Waals surface area contributed by atoms with E-state index in [-0.39, 0.29) is 27.8 Å². The fourth-order valence-electron chi connectivity index (χ4n) is 1.95. The zero-order valence-corrected chi connectivity index (χ0v) is 14.0. The Balaban J connectivity index is 2.06. The number of halogens is 4. The second-order valence-corrected chi connectivity index (χ2v) is 5.78. The van der Waals surface area contributed by atoms with E-state index in [1.807, 2.05) is 0 Å². The maximum Gasteiger partial charge on any atom is 0.255 e. The van der Waals surface area contributed by atoms with Crippen molar-refractivity contribution in [3.05, 3.63) is 63.6 Å². The van der Waals surface area contributed by atoms with Gasteiger partial charge in [0.2, 0.25) is 5.91 Å². The molecular formula is C16H12Cl2F2N2O2. The Labute approximate surface area is 147 Å². The molecule has 0 aliphatic heterocycles. The normalized spacial score (nSPS) is 10.4. The Morgan fingerprint density at radius 3 is 2.50 bits per heavy atom. The molecule has 0 spiro atoms. The highest BCUT2D eigenvalue weighted by molar-refractivity contribution is 6.36. The maximum atomic E-state index is 13.5. The lowest BCUT2D eigenvalue weighted by molar-refractivity contribution is -0.116. The number of carbonyl (C=O) groups excluding carboxylic acids is 2. The third kappa shape index (κ3) is 4.43. The van der Waals surface area contributed by atoms with E-state index in [9.17, 15) is 18.4 Å². The zero-order valence-electron chi connectivity index (χ0n) is 12.4. The first-order valence-corrected chi connectivity index (χ1v) is 7.49. The van der Waals surface area contributed by atoms with E-state index in [0.29, 0.717) is 0 Å². The van der Waals surface area contributed by atoms with Crippen molar-refractivity contribution in [2.24, 2.45) is 0 Å². The summed E-state index contributed by atoms with van der Waals surface area (Å²) in [4.78, 5) is 25.2. The molecule has 0 bridgehead atoms. The average molecular weight is 373 g/mol. The quantitative estimate of drug-likeness (QED) is 0.825. The minimum Gasteiger partial charge on any atom is -0.332 e. The van der Waals surface area contributed by atoms with Crippen molar-refractivity contribution in [2.45, 2.75) is 0 Å². The number of rotatable bonds is 4. The summed E-state index contributed by atoms with van der Waals surface area (Å²) in [5, 5.41) is 2.22. The van der Waals surface area contributed by atoms with Crippen molar-refractivity contribution in [1.82, 2.24) is 4.90 Å². The first-order valence-electron chi connectivity index (χ1n) is 6.73. The molecule has 0 saturated carbocycles. The van der Waals surface area contributed by atoms with Gasteiger partial charge in [-0.1, -0.05) is 29.3 Å². The molecule has 0 heterocycles. The first kappa shape index (κ1) is 18.2. The summed E-state index contributed by atoms with van der Waals surface area (Å²) >= 11 is 11.5. The molecule has 0 atom stereocenters. The van der Waals surface area contributed by atoms with Gasteiger partial charge in [0, 0.05) is 12.7 Å². The molecule has 0 saturated heterocycles. The number of amides is 2. The fourth-order valence-corrected chi connectivity index (χ4v) is 2.41. The molecule has 2 amide bonds. The van der Waals surface area contributed by atoms with Gasteiger partial charge in [0.1, 0.15) is 11.6 Å². The maximum absolute atomic E-state index is 13.5. The van der Waals surface area contributed by atoms with Gasteiger partial charge >= 0.3 is 0 Å². The summed E-state index contributed by atoms with van der Waals surface area (Å²) in [5.74, 6) is -2.48. The van der Waals surface area contributed by atoms with Gasteiger partial charge in [-0.2, -0.15) is 0 Å². The second-order valence-electron chi connectivity index (χ2n) is 4.97. The molecular weight excluding hydrogens is 361 g/mol. The van der Waals surface area contributed by atoms with Crippen molar-refractivity contribution in [1.29, 1.82) is 0 Å². The van der Waals surface area contributed by atoms with Crippen LogP contribution in [-0.4, -0.2) is 30.3 Å². The predicted molar refractivity (Wildman–Crippen MR) is 88.4 cm³/mol. The third-order valence-corrected chi connectivity index (χ3v) is 3.68. The number of likely N-dealkylation sites (N-methyl/N-ethyl adjacent to an activating group) is 1. The largest absolute Gasteiger partial charge is 0.332 e. The van der Waals surface area contributed by atoms with Crippen LogP contribution in [0, 0.1) is 11.6 Å². The first-order chi connectivity index (χ1) is 11.3. The van der Waals surface area contributed by atoms with Crippen LogP contribution in [0.1, 0.15) is 10.4 Å². The molecule has 0 unspecified atom stereocenters. The molecule has 0 aliphatic rings. The number of anilines is 1.